The highest BCUT2D eigenvalue weighted by Gasteiger charge is 2.07. The van der Waals surface area contributed by atoms with Crippen LogP contribution in [0.2, 0.25) is 10.0 Å². The van der Waals surface area contributed by atoms with Crippen molar-refractivity contribution in [2.45, 2.75) is 5.75 Å². The average molecular weight is 460 g/mol. The van der Waals surface area contributed by atoms with Crippen LogP contribution < -0.4 is 10.3 Å². The molecule has 8 heteroatoms. The Labute approximate surface area is 167 Å². The molecule has 0 aliphatic heterocycles. The number of rotatable bonds is 6. The highest BCUT2D eigenvalue weighted by Crippen LogP contribution is 2.32. The third-order valence-corrected chi connectivity index (χ3v) is 5.34. The lowest BCUT2D eigenvalue weighted by molar-refractivity contribution is 0.344. The fourth-order valence-corrected chi connectivity index (χ4v) is 3.75. The van der Waals surface area contributed by atoms with Gasteiger partial charge >= 0.3 is 0 Å². The summed E-state index contributed by atoms with van der Waals surface area (Å²) in [6, 6.07) is 10.5. The lowest BCUT2D eigenvalue weighted by Crippen LogP contribution is -2.15. The van der Waals surface area contributed by atoms with Crippen molar-refractivity contribution in [3.63, 3.8) is 0 Å². The van der Waals surface area contributed by atoms with E-state index in [0.29, 0.717) is 33.8 Å². The Kier molecular flexibility index (Phi) is 6.28. The van der Waals surface area contributed by atoms with Gasteiger partial charge < -0.3 is 4.74 Å². The van der Waals surface area contributed by atoms with E-state index < -0.39 is 0 Å². The third kappa shape index (κ3) is 4.70. The highest BCUT2D eigenvalue weighted by molar-refractivity contribution is 9.10. The van der Waals surface area contributed by atoms with E-state index in [1.807, 2.05) is 12.1 Å². The molecule has 0 amide bonds. The molecule has 0 spiro atoms. The molecular weight excluding hydrogens is 447 g/mol. The molecule has 0 atom stereocenters. The highest BCUT2D eigenvalue weighted by atomic mass is 79.9. The summed E-state index contributed by atoms with van der Waals surface area (Å²) in [5, 5.41) is 0.987. The normalized spacial score (nSPS) is 11.0. The number of thioether (sulfide) groups is 1. The molecule has 4 nitrogen and oxygen atoms in total. The first-order valence-electron chi connectivity index (χ1n) is 7.37. The Morgan fingerprint density at radius 3 is 2.72 bits per heavy atom. The van der Waals surface area contributed by atoms with E-state index in [9.17, 15) is 4.79 Å². The standard InChI is InChI=1S/C17H13BrCl2N2O2S/c18-11-4-5-15-21-12(8-16(23)22(15)9-11)10-25-7-6-24-17-13(19)2-1-3-14(17)20/h1-5,8-9H,6-7,10H2. The number of benzene rings is 1. The molecule has 2 heterocycles. The van der Waals surface area contributed by atoms with Gasteiger partial charge in [-0.25, -0.2) is 4.98 Å². The van der Waals surface area contributed by atoms with Crippen LogP contribution in [0.1, 0.15) is 5.69 Å². The number of para-hydroxylation sites is 1. The van der Waals surface area contributed by atoms with E-state index in [1.54, 1.807) is 42.2 Å². The van der Waals surface area contributed by atoms with Crippen molar-refractivity contribution in [2.75, 3.05) is 12.4 Å². The molecule has 0 aliphatic rings. The van der Waals surface area contributed by atoms with Crippen LogP contribution in [-0.2, 0) is 5.75 Å². The topological polar surface area (TPSA) is 43.6 Å². The summed E-state index contributed by atoms with van der Waals surface area (Å²) in [5.74, 6) is 1.85. The Morgan fingerprint density at radius 1 is 1.20 bits per heavy atom. The maximum absolute atomic E-state index is 12.1. The Hall–Kier alpha value is -1.21. The monoisotopic (exact) mass is 458 g/mol. The molecule has 1 aromatic carbocycles. The number of nitrogens with zero attached hydrogens (tertiary/aromatic N) is 2. The van der Waals surface area contributed by atoms with Crippen molar-refractivity contribution in [1.82, 2.24) is 9.38 Å². The van der Waals surface area contributed by atoms with E-state index >= 15 is 0 Å². The molecule has 0 radical (unpaired) electrons. The zero-order valence-electron chi connectivity index (χ0n) is 12.9. The van der Waals surface area contributed by atoms with Crippen LogP contribution in [0.15, 0.2) is 51.9 Å². The quantitative estimate of drug-likeness (QED) is 0.482. The number of hydrogen-bond acceptors (Lipinski definition) is 4. The van der Waals surface area contributed by atoms with Crippen LogP contribution in [-0.4, -0.2) is 21.7 Å². The van der Waals surface area contributed by atoms with Crippen molar-refractivity contribution < 1.29 is 4.74 Å². The van der Waals surface area contributed by atoms with Gasteiger partial charge in [-0.15, -0.1) is 0 Å². The van der Waals surface area contributed by atoms with Crippen molar-refractivity contribution in [3.8, 4) is 5.75 Å². The molecule has 0 bridgehead atoms. The minimum absolute atomic E-state index is 0.0963. The number of aromatic nitrogens is 2. The van der Waals surface area contributed by atoms with Crippen LogP contribution in [0.3, 0.4) is 0 Å². The van der Waals surface area contributed by atoms with Crippen molar-refractivity contribution in [1.29, 1.82) is 0 Å². The van der Waals surface area contributed by atoms with Crippen LogP contribution >= 0.6 is 50.9 Å². The van der Waals surface area contributed by atoms with E-state index in [0.717, 1.165) is 15.9 Å². The van der Waals surface area contributed by atoms with Gasteiger partial charge in [0.2, 0.25) is 0 Å². The van der Waals surface area contributed by atoms with E-state index in [1.165, 1.54) is 4.40 Å². The molecule has 3 rings (SSSR count). The van der Waals surface area contributed by atoms with E-state index in [-0.39, 0.29) is 5.56 Å². The number of fused-ring (bicyclic) bond motifs is 1. The van der Waals surface area contributed by atoms with Gasteiger partial charge in [-0.05, 0) is 40.2 Å². The number of pyridine rings is 1. The zero-order chi connectivity index (χ0) is 17.8. The minimum Gasteiger partial charge on any atom is -0.490 e. The molecule has 0 fully saturated rings. The summed E-state index contributed by atoms with van der Waals surface area (Å²) < 4.78 is 7.99. The number of ether oxygens (including phenoxy) is 1. The molecule has 0 aliphatic carbocycles. The number of hydrogen-bond donors (Lipinski definition) is 0. The maximum Gasteiger partial charge on any atom is 0.258 e. The molecule has 3 aromatic rings. The van der Waals surface area contributed by atoms with E-state index in [4.69, 9.17) is 27.9 Å². The summed E-state index contributed by atoms with van der Waals surface area (Å²) in [6.07, 6.45) is 1.71. The average Bonchev–Trinajstić information content (AvgIpc) is 2.57. The van der Waals surface area contributed by atoms with Gasteiger partial charge in [0.1, 0.15) is 5.65 Å². The second kappa shape index (κ2) is 8.45. The third-order valence-electron chi connectivity index (χ3n) is 3.32. The van der Waals surface area contributed by atoms with Crippen LogP contribution in [0.5, 0.6) is 5.75 Å². The lowest BCUT2D eigenvalue weighted by atomic mass is 10.3. The first-order valence-corrected chi connectivity index (χ1v) is 10.1. The second-order valence-corrected chi connectivity index (χ2v) is 7.95. The molecule has 0 unspecified atom stereocenters. The van der Waals surface area contributed by atoms with Gasteiger partial charge in [0.15, 0.2) is 5.75 Å². The summed E-state index contributed by atoms with van der Waals surface area (Å²) in [6.45, 7) is 0.466. The summed E-state index contributed by atoms with van der Waals surface area (Å²) in [5.41, 5.74) is 1.28. The molecule has 2 aromatic heterocycles. The van der Waals surface area contributed by atoms with Crippen LogP contribution in [0, 0.1) is 0 Å². The summed E-state index contributed by atoms with van der Waals surface area (Å²) in [7, 11) is 0. The van der Waals surface area contributed by atoms with Crippen molar-refractivity contribution in [2.24, 2.45) is 0 Å². The van der Waals surface area contributed by atoms with Crippen molar-refractivity contribution in [3.05, 3.63) is 73.2 Å². The first kappa shape index (κ1) is 18.6. The lowest BCUT2D eigenvalue weighted by Gasteiger charge is -2.09. The molecule has 130 valence electrons. The van der Waals surface area contributed by atoms with Gasteiger partial charge in [-0.2, -0.15) is 11.8 Å². The summed E-state index contributed by atoms with van der Waals surface area (Å²) >= 11 is 17.1. The second-order valence-electron chi connectivity index (χ2n) is 5.11. The minimum atomic E-state index is -0.0963. The molecule has 0 N–H and O–H groups in total. The van der Waals surface area contributed by atoms with Gasteiger partial charge in [0, 0.05) is 28.2 Å². The first-order chi connectivity index (χ1) is 12.0. The van der Waals surface area contributed by atoms with Crippen molar-refractivity contribution >= 4 is 56.5 Å². The Balaban J connectivity index is 1.57. The fraction of sp³-hybridized carbons (Fsp3) is 0.176. The summed E-state index contributed by atoms with van der Waals surface area (Å²) in [4.78, 5) is 16.6. The Morgan fingerprint density at radius 2 is 1.96 bits per heavy atom. The molecule has 0 saturated heterocycles. The van der Waals surface area contributed by atoms with Crippen LogP contribution in [0.25, 0.3) is 5.65 Å². The molecule has 0 saturated carbocycles. The Bertz CT molecular complexity index is 945. The van der Waals surface area contributed by atoms with E-state index in [2.05, 4.69) is 20.9 Å². The number of halogens is 3. The zero-order valence-corrected chi connectivity index (χ0v) is 16.8. The fourth-order valence-electron chi connectivity index (χ4n) is 2.20. The van der Waals surface area contributed by atoms with Gasteiger partial charge in [0.05, 0.1) is 22.3 Å². The largest absolute Gasteiger partial charge is 0.490 e. The maximum atomic E-state index is 12.1. The predicted molar refractivity (Wildman–Crippen MR) is 107 cm³/mol. The van der Waals surface area contributed by atoms with Gasteiger partial charge in [-0.1, -0.05) is 29.3 Å². The van der Waals surface area contributed by atoms with Gasteiger partial charge in [-0.3, -0.25) is 9.20 Å². The van der Waals surface area contributed by atoms with Crippen LogP contribution in [0.4, 0.5) is 0 Å². The van der Waals surface area contributed by atoms with Gasteiger partial charge in [0.25, 0.3) is 5.56 Å². The molecule has 25 heavy (non-hydrogen) atoms. The SMILES string of the molecule is O=c1cc(CSCCOc2c(Cl)cccc2Cl)nc2ccc(Br)cn12. The molecular formula is C17H13BrCl2N2O2S. The predicted octanol–water partition coefficient (Wildman–Crippen LogP) is 5.08. The smallest absolute Gasteiger partial charge is 0.258 e.